The van der Waals surface area contributed by atoms with Gasteiger partial charge in [-0.3, -0.25) is 9.80 Å². The van der Waals surface area contributed by atoms with Crippen molar-refractivity contribution >= 4 is 34.5 Å². The van der Waals surface area contributed by atoms with E-state index in [4.69, 9.17) is 21.7 Å². The molecule has 4 aromatic rings. The lowest BCUT2D eigenvalue weighted by Crippen LogP contribution is -2.47. The van der Waals surface area contributed by atoms with Crippen LogP contribution in [-0.4, -0.2) is 103 Å². The second-order valence-electron chi connectivity index (χ2n) is 9.99. The molecule has 202 valence electrons. The summed E-state index contributed by atoms with van der Waals surface area (Å²) in [5.41, 5.74) is 5.71. The molecule has 0 saturated carbocycles. The molecule has 2 saturated heterocycles. The molecule has 39 heavy (non-hydrogen) atoms. The minimum absolute atomic E-state index is 0.543. The summed E-state index contributed by atoms with van der Waals surface area (Å²) in [6, 6.07) is 8.33. The monoisotopic (exact) mass is 547 g/mol. The Morgan fingerprint density at radius 1 is 0.872 bits per heavy atom. The van der Waals surface area contributed by atoms with Crippen molar-refractivity contribution in [1.29, 1.82) is 0 Å². The van der Waals surface area contributed by atoms with E-state index in [1.54, 1.807) is 12.5 Å². The normalized spacial score (nSPS) is 17.2. The molecule has 3 aromatic heterocycles. The minimum atomic E-state index is -0.843. The third-order valence-corrected chi connectivity index (χ3v) is 7.71. The van der Waals surface area contributed by atoms with Gasteiger partial charge in [0, 0.05) is 89.0 Å². The Hall–Kier alpha value is -3.80. The molecule has 6 rings (SSSR count). The summed E-state index contributed by atoms with van der Waals surface area (Å²) in [7, 11) is 0. The number of pyridine rings is 1. The fourth-order valence-electron chi connectivity index (χ4n) is 5.29. The van der Waals surface area contributed by atoms with Crippen molar-refractivity contribution in [2.45, 2.75) is 13.1 Å². The molecule has 0 spiro atoms. The first-order valence-electron chi connectivity index (χ1n) is 13.1. The zero-order valence-corrected chi connectivity index (χ0v) is 22.3. The average Bonchev–Trinajstić information content (AvgIpc) is 3.39. The predicted octanol–water partition coefficient (Wildman–Crippen LogP) is 3.19. The molecule has 0 bridgehead atoms. The second kappa shape index (κ2) is 11.1. The van der Waals surface area contributed by atoms with Gasteiger partial charge in [-0.25, -0.2) is 24.7 Å². The lowest BCUT2D eigenvalue weighted by Gasteiger charge is -2.36. The topological polar surface area (TPSA) is 118 Å². The SMILES string of the molecule is O=C(O)N1CCN(Cc2ccc(-c3nc4ncc(Cl)c(N5CCN(Cc6cncnc6)CC5)c4[nH]3)cc2)CC1. The minimum Gasteiger partial charge on any atom is -0.465 e. The molecule has 0 unspecified atom stereocenters. The first-order chi connectivity index (χ1) is 19.0. The number of H-pyrrole nitrogens is 1. The highest BCUT2D eigenvalue weighted by Gasteiger charge is 2.24. The number of carbonyl (C=O) groups is 1. The Morgan fingerprint density at radius 3 is 2.18 bits per heavy atom. The lowest BCUT2D eigenvalue weighted by molar-refractivity contribution is 0.103. The molecule has 11 nitrogen and oxygen atoms in total. The number of anilines is 1. The van der Waals surface area contributed by atoms with Crippen molar-refractivity contribution in [2.24, 2.45) is 0 Å². The second-order valence-corrected chi connectivity index (χ2v) is 10.4. The standard InChI is InChI=1S/C27H30ClN9O2/c28-22-15-31-26-23(24(22)36-9-5-35(6-10-36)17-20-13-29-18-30-14-20)32-25(33-26)21-3-1-19(2-4-21)16-34-7-11-37(12-8-34)27(38)39/h1-4,13-15,18H,5-12,16-17H2,(H,38,39)(H,31,32,33). The summed E-state index contributed by atoms with van der Waals surface area (Å²) >= 11 is 6.68. The van der Waals surface area contributed by atoms with E-state index in [1.807, 2.05) is 12.4 Å². The van der Waals surface area contributed by atoms with E-state index in [2.05, 4.69) is 58.9 Å². The summed E-state index contributed by atoms with van der Waals surface area (Å²) in [6.45, 7) is 7.68. The van der Waals surface area contributed by atoms with Crippen LogP contribution >= 0.6 is 11.6 Å². The maximum atomic E-state index is 11.1. The number of rotatable bonds is 6. The van der Waals surface area contributed by atoms with Crippen molar-refractivity contribution in [3.8, 4) is 11.4 Å². The number of benzene rings is 1. The van der Waals surface area contributed by atoms with Gasteiger partial charge in [-0.15, -0.1) is 0 Å². The number of aromatic nitrogens is 5. The van der Waals surface area contributed by atoms with Crippen LogP contribution in [0.25, 0.3) is 22.6 Å². The summed E-state index contributed by atoms with van der Waals surface area (Å²) in [6.07, 6.45) is 6.13. The van der Waals surface area contributed by atoms with Gasteiger partial charge in [0.2, 0.25) is 0 Å². The largest absolute Gasteiger partial charge is 0.465 e. The Kier molecular flexibility index (Phi) is 7.27. The number of carboxylic acid groups (broad SMARTS) is 1. The van der Waals surface area contributed by atoms with E-state index in [0.29, 0.717) is 23.8 Å². The third kappa shape index (κ3) is 5.65. The molecule has 1 amide bonds. The van der Waals surface area contributed by atoms with Gasteiger partial charge in [0.1, 0.15) is 17.7 Å². The molecule has 2 aliphatic heterocycles. The zero-order valence-electron chi connectivity index (χ0n) is 21.5. The number of nitrogens with one attached hydrogen (secondary N) is 1. The van der Waals surface area contributed by atoms with Crippen molar-refractivity contribution < 1.29 is 9.90 Å². The van der Waals surface area contributed by atoms with E-state index in [9.17, 15) is 4.79 Å². The Bertz CT molecular complexity index is 1430. The number of halogens is 1. The maximum Gasteiger partial charge on any atom is 0.407 e. The molecule has 1 aromatic carbocycles. The Morgan fingerprint density at radius 2 is 1.51 bits per heavy atom. The van der Waals surface area contributed by atoms with Gasteiger partial charge in [-0.1, -0.05) is 35.9 Å². The fourth-order valence-corrected chi connectivity index (χ4v) is 5.55. The molecule has 2 aliphatic rings. The highest BCUT2D eigenvalue weighted by molar-refractivity contribution is 6.34. The van der Waals surface area contributed by atoms with Crippen molar-refractivity contribution in [2.75, 3.05) is 57.3 Å². The van der Waals surface area contributed by atoms with Crippen LogP contribution in [-0.2, 0) is 13.1 Å². The first-order valence-corrected chi connectivity index (χ1v) is 13.5. The van der Waals surface area contributed by atoms with Crippen LogP contribution in [0.3, 0.4) is 0 Å². The molecule has 0 atom stereocenters. The van der Waals surface area contributed by atoms with Crippen LogP contribution < -0.4 is 4.90 Å². The molecular weight excluding hydrogens is 518 g/mol. The smallest absolute Gasteiger partial charge is 0.407 e. The predicted molar refractivity (Wildman–Crippen MR) is 149 cm³/mol. The van der Waals surface area contributed by atoms with Gasteiger partial charge in [-0.2, -0.15) is 0 Å². The molecular formula is C27H30ClN9O2. The van der Waals surface area contributed by atoms with Crippen LogP contribution in [0.2, 0.25) is 5.02 Å². The number of amides is 1. The van der Waals surface area contributed by atoms with Crippen molar-refractivity contribution in [3.05, 3.63) is 65.3 Å². The van der Waals surface area contributed by atoms with E-state index in [0.717, 1.165) is 80.5 Å². The van der Waals surface area contributed by atoms with Crippen LogP contribution in [0.5, 0.6) is 0 Å². The van der Waals surface area contributed by atoms with Crippen molar-refractivity contribution in [3.63, 3.8) is 0 Å². The number of fused-ring (bicyclic) bond motifs is 1. The van der Waals surface area contributed by atoms with Crippen LogP contribution in [0.1, 0.15) is 11.1 Å². The lowest BCUT2D eigenvalue weighted by atomic mass is 10.1. The summed E-state index contributed by atoms with van der Waals surface area (Å²) in [5.74, 6) is 0.755. The van der Waals surface area contributed by atoms with Gasteiger partial charge in [0.25, 0.3) is 0 Å². The first kappa shape index (κ1) is 25.5. The highest BCUT2D eigenvalue weighted by Crippen LogP contribution is 2.34. The summed E-state index contributed by atoms with van der Waals surface area (Å²) in [4.78, 5) is 40.6. The van der Waals surface area contributed by atoms with Crippen LogP contribution in [0, 0.1) is 0 Å². The number of hydrogen-bond donors (Lipinski definition) is 2. The maximum absolute atomic E-state index is 11.1. The van der Waals surface area contributed by atoms with E-state index in [1.165, 1.54) is 10.5 Å². The number of aromatic amines is 1. The van der Waals surface area contributed by atoms with Gasteiger partial charge in [0.05, 0.1) is 16.9 Å². The molecule has 5 heterocycles. The van der Waals surface area contributed by atoms with Gasteiger partial charge < -0.3 is 19.9 Å². The number of imidazole rings is 1. The molecule has 2 N–H and O–H groups in total. The van der Waals surface area contributed by atoms with Gasteiger partial charge in [0.15, 0.2) is 5.65 Å². The van der Waals surface area contributed by atoms with Crippen LogP contribution in [0.15, 0.2) is 49.2 Å². The van der Waals surface area contributed by atoms with E-state index >= 15 is 0 Å². The van der Waals surface area contributed by atoms with Gasteiger partial charge in [-0.05, 0) is 5.56 Å². The summed E-state index contributed by atoms with van der Waals surface area (Å²) in [5, 5.41) is 9.76. The number of hydrogen-bond acceptors (Lipinski definition) is 8. The molecule has 2 fully saturated rings. The average molecular weight is 548 g/mol. The Labute approximate surface area is 231 Å². The fraction of sp³-hybridized carbons (Fsp3) is 0.370. The van der Waals surface area contributed by atoms with Crippen molar-refractivity contribution in [1.82, 2.24) is 39.6 Å². The van der Waals surface area contributed by atoms with Crippen LogP contribution in [0.4, 0.5) is 10.5 Å². The number of nitrogens with zero attached hydrogens (tertiary/aromatic N) is 8. The molecule has 12 heteroatoms. The third-order valence-electron chi connectivity index (χ3n) is 7.43. The quantitative estimate of drug-likeness (QED) is 0.375. The molecule has 0 aliphatic carbocycles. The molecule has 0 radical (unpaired) electrons. The zero-order chi connectivity index (χ0) is 26.8. The Balaban J connectivity index is 1.14. The van der Waals surface area contributed by atoms with E-state index in [-0.39, 0.29) is 0 Å². The number of piperazine rings is 2. The van der Waals surface area contributed by atoms with E-state index < -0.39 is 6.09 Å². The van der Waals surface area contributed by atoms with Gasteiger partial charge >= 0.3 is 6.09 Å². The summed E-state index contributed by atoms with van der Waals surface area (Å²) < 4.78 is 0. The highest BCUT2D eigenvalue weighted by atomic mass is 35.5.